The Morgan fingerprint density at radius 3 is 2.57 bits per heavy atom. The Morgan fingerprint density at radius 1 is 1.21 bits per heavy atom. The fourth-order valence-electron chi connectivity index (χ4n) is 2.31. The molecule has 0 spiro atoms. The Hall–Kier alpha value is -2.99. The second-order valence-corrected chi connectivity index (χ2v) is 7.61. The van der Waals surface area contributed by atoms with Crippen LogP contribution in [0.1, 0.15) is 42.5 Å². The van der Waals surface area contributed by atoms with Gasteiger partial charge in [0.15, 0.2) is 11.5 Å². The summed E-state index contributed by atoms with van der Waals surface area (Å²) in [4.78, 5) is 16.9. The molecule has 0 fully saturated rings. The summed E-state index contributed by atoms with van der Waals surface area (Å²) in [6, 6.07) is 5.71. The molecule has 0 aliphatic rings. The van der Waals surface area contributed by atoms with Crippen LogP contribution < -0.4 is 13.8 Å². The number of carbonyl (C=O) groups excluding carboxylic acids is 1. The van der Waals surface area contributed by atoms with E-state index in [1.165, 1.54) is 38.5 Å². The Bertz CT molecular complexity index is 1000. The number of pyridine rings is 1. The predicted molar refractivity (Wildman–Crippen MR) is 104 cm³/mol. The Kier molecular flexibility index (Phi) is 7.06. The molecule has 0 aromatic carbocycles. The van der Waals surface area contributed by atoms with E-state index in [2.05, 4.69) is 23.7 Å². The number of carbonyl (C=O) groups is 1. The van der Waals surface area contributed by atoms with Gasteiger partial charge in [-0.1, -0.05) is 19.3 Å². The van der Waals surface area contributed by atoms with Gasteiger partial charge in [-0.3, -0.25) is 4.79 Å². The second kappa shape index (κ2) is 9.28. The van der Waals surface area contributed by atoms with Gasteiger partial charge in [-0.2, -0.15) is 9.29 Å². The summed E-state index contributed by atoms with van der Waals surface area (Å²) in [5, 5.41) is 0. The second-order valence-electron chi connectivity index (χ2n) is 5.78. The van der Waals surface area contributed by atoms with Crippen LogP contribution in [0.4, 0.5) is 5.69 Å². The lowest BCUT2D eigenvalue weighted by molar-refractivity contribution is 0.0978. The molecule has 8 nitrogen and oxygen atoms in total. The van der Waals surface area contributed by atoms with Crippen LogP contribution in [0.25, 0.3) is 0 Å². The van der Waals surface area contributed by atoms with Crippen molar-refractivity contribution in [3.8, 4) is 23.6 Å². The lowest BCUT2D eigenvalue weighted by atomic mass is 10.2. The molecule has 0 aliphatic heterocycles. The van der Waals surface area contributed by atoms with Crippen molar-refractivity contribution in [3.63, 3.8) is 0 Å². The van der Waals surface area contributed by atoms with E-state index in [1.54, 1.807) is 0 Å². The number of hydrogen-bond acceptors (Lipinski definition) is 7. The van der Waals surface area contributed by atoms with Gasteiger partial charge in [-0.05, 0) is 30.5 Å². The highest BCUT2D eigenvalue weighted by molar-refractivity contribution is 7.92. The minimum absolute atomic E-state index is 0.0530. The molecule has 0 N–H and O–H groups in total. The van der Waals surface area contributed by atoms with Crippen LogP contribution in [-0.4, -0.2) is 39.8 Å². The first-order chi connectivity index (χ1) is 13.3. The monoisotopic (exact) mass is 406 g/mol. The molecule has 1 amide bonds. The predicted octanol–water partition coefficient (Wildman–Crippen LogP) is 2.84. The van der Waals surface area contributed by atoms with Crippen molar-refractivity contribution in [1.29, 1.82) is 0 Å². The van der Waals surface area contributed by atoms with Crippen LogP contribution in [0.15, 0.2) is 28.7 Å². The van der Waals surface area contributed by atoms with Crippen molar-refractivity contribution in [3.05, 3.63) is 35.8 Å². The number of amides is 1. The highest BCUT2D eigenvalue weighted by Gasteiger charge is 2.32. The first-order valence-corrected chi connectivity index (χ1v) is 10.4. The Morgan fingerprint density at radius 2 is 1.96 bits per heavy atom. The third kappa shape index (κ3) is 5.04. The van der Waals surface area contributed by atoms with E-state index in [4.69, 9.17) is 13.9 Å². The molecule has 28 heavy (non-hydrogen) atoms. The van der Waals surface area contributed by atoms with E-state index >= 15 is 0 Å². The molecule has 0 saturated carbocycles. The van der Waals surface area contributed by atoms with Crippen LogP contribution in [0.3, 0.4) is 0 Å². The largest absolute Gasteiger partial charge is 0.481 e. The van der Waals surface area contributed by atoms with Gasteiger partial charge in [-0.25, -0.2) is 8.42 Å². The first-order valence-electron chi connectivity index (χ1n) is 8.54. The number of rotatable bonds is 7. The van der Waals surface area contributed by atoms with Gasteiger partial charge in [0, 0.05) is 12.5 Å². The fraction of sp³-hybridized carbons (Fsp3) is 0.368. The van der Waals surface area contributed by atoms with Crippen LogP contribution in [0.2, 0.25) is 0 Å². The molecule has 9 heteroatoms. The zero-order valence-corrected chi connectivity index (χ0v) is 17.0. The van der Waals surface area contributed by atoms with E-state index in [-0.39, 0.29) is 29.0 Å². The van der Waals surface area contributed by atoms with Crippen molar-refractivity contribution in [1.82, 2.24) is 4.98 Å². The maximum atomic E-state index is 12.9. The molecule has 0 atom stereocenters. The molecule has 0 radical (unpaired) electrons. The standard InChI is InChI=1S/C19H22N2O6S/c1-5-6-7-8-9-14-10-12-16(27-14)19(22)21(28(4,23)24)15-11-13-17(25-2)20-18(15)26-3/h10-13H,5-7H2,1-4H3. The summed E-state index contributed by atoms with van der Waals surface area (Å²) in [7, 11) is -1.28. The van der Waals surface area contributed by atoms with E-state index in [9.17, 15) is 13.2 Å². The van der Waals surface area contributed by atoms with Crippen molar-refractivity contribution in [2.75, 3.05) is 24.8 Å². The van der Waals surface area contributed by atoms with Crippen LogP contribution in [-0.2, 0) is 10.0 Å². The number of furan rings is 1. The van der Waals surface area contributed by atoms with Crippen molar-refractivity contribution in [2.45, 2.75) is 26.2 Å². The number of anilines is 1. The van der Waals surface area contributed by atoms with E-state index < -0.39 is 15.9 Å². The van der Waals surface area contributed by atoms with Crippen LogP contribution in [0, 0.1) is 11.8 Å². The molecule has 0 aliphatic carbocycles. The van der Waals surface area contributed by atoms with E-state index in [1.807, 2.05) is 0 Å². The molecule has 150 valence electrons. The summed E-state index contributed by atoms with van der Waals surface area (Å²) in [5.41, 5.74) is -0.0530. The van der Waals surface area contributed by atoms with Gasteiger partial charge >= 0.3 is 5.91 Å². The van der Waals surface area contributed by atoms with Crippen molar-refractivity contribution < 1.29 is 27.1 Å². The summed E-state index contributed by atoms with van der Waals surface area (Å²) in [6.07, 6.45) is 3.61. The number of hydrogen-bond donors (Lipinski definition) is 0. The number of unbranched alkanes of at least 4 members (excludes halogenated alkanes) is 2. The van der Waals surface area contributed by atoms with Crippen LogP contribution >= 0.6 is 0 Å². The van der Waals surface area contributed by atoms with Gasteiger partial charge in [0.05, 0.1) is 20.5 Å². The highest BCUT2D eigenvalue weighted by atomic mass is 32.2. The molecule has 0 saturated heterocycles. The third-order valence-electron chi connectivity index (χ3n) is 3.64. The molecular formula is C19H22N2O6S. The topological polar surface area (TPSA) is 98.9 Å². The number of methoxy groups -OCH3 is 2. The average Bonchev–Trinajstić information content (AvgIpc) is 3.13. The summed E-state index contributed by atoms with van der Waals surface area (Å²) in [5.74, 6) is 5.14. The maximum absolute atomic E-state index is 12.9. The first kappa shape index (κ1) is 21.3. The Balaban J connectivity index is 2.41. The zero-order chi connectivity index (χ0) is 20.7. The minimum Gasteiger partial charge on any atom is -0.481 e. The smallest absolute Gasteiger partial charge is 0.307 e. The number of sulfonamides is 1. The molecule has 0 bridgehead atoms. The summed E-state index contributed by atoms with van der Waals surface area (Å²) >= 11 is 0. The SMILES string of the molecule is CCCCC#Cc1ccc(C(=O)N(c2ccc(OC)nc2OC)S(C)(=O)=O)o1. The Labute approximate surface area is 164 Å². The fourth-order valence-corrected chi connectivity index (χ4v) is 3.20. The molecule has 2 aromatic rings. The third-order valence-corrected chi connectivity index (χ3v) is 4.66. The van der Waals surface area contributed by atoms with Gasteiger partial charge in [-0.15, -0.1) is 0 Å². The van der Waals surface area contributed by atoms with E-state index in [0.717, 1.165) is 19.1 Å². The molecule has 2 aromatic heterocycles. The van der Waals surface area contributed by atoms with Crippen molar-refractivity contribution in [2.24, 2.45) is 0 Å². The van der Waals surface area contributed by atoms with Gasteiger partial charge in [0.25, 0.3) is 0 Å². The highest BCUT2D eigenvalue weighted by Crippen LogP contribution is 2.31. The number of aromatic nitrogens is 1. The molecule has 0 unspecified atom stereocenters. The van der Waals surface area contributed by atoms with Gasteiger partial charge < -0.3 is 13.9 Å². The van der Waals surface area contributed by atoms with Crippen molar-refractivity contribution >= 4 is 21.6 Å². The van der Waals surface area contributed by atoms with Crippen LogP contribution in [0.5, 0.6) is 11.8 Å². The summed E-state index contributed by atoms with van der Waals surface area (Å²) in [6.45, 7) is 2.06. The molecular weight excluding hydrogens is 384 g/mol. The minimum atomic E-state index is -4.01. The quantitative estimate of drug-likeness (QED) is 0.515. The number of nitrogens with zero attached hydrogens (tertiary/aromatic N) is 2. The lowest BCUT2D eigenvalue weighted by Crippen LogP contribution is -2.36. The molecule has 2 rings (SSSR count). The van der Waals surface area contributed by atoms with Gasteiger partial charge in [0.2, 0.25) is 21.8 Å². The lowest BCUT2D eigenvalue weighted by Gasteiger charge is -2.21. The van der Waals surface area contributed by atoms with E-state index in [0.29, 0.717) is 10.7 Å². The van der Waals surface area contributed by atoms with Gasteiger partial charge in [0.1, 0.15) is 5.69 Å². The normalized spacial score (nSPS) is 10.7. The summed E-state index contributed by atoms with van der Waals surface area (Å²) < 4.78 is 40.8. The zero-order valence-electron chi connectivity index (χ0n) is 16.2. The average molecular weight is 406 g/mol. The molecule has 2 heterocycles. The maximum Gasteiger partial charge on any atom is 0.307 e. The number of ether oxygens (including phenoxy) is 2.